The van der Waals surface area contributed by atoms with Gasteiger partial charge in [-0.1, -0.05) is 38.4 Å². The lowest BCUT2D eigenvalue weighted by Crippen LogP contribution is -2.38. The van der Waals surface area contributed by atoms with Gasteiger partial charge >= 0.3 is 5.97 Å². The molecule has 2 aromatic rings. The number of ketones is 1. The Labute approximate surface area is 187 Å². The molecule has 0 aliphatic rings. The minimum Gasteiger partial charge on any atom is -0.503 e. The quantitative estimate of drug-likeness (QED) is 0.415. The molecule has 1 aromatic heterocycles. The van der Waals surface area contributed by atoms with E-state index in [1.165, 1.54) is 19.4 Å². The summed E-state index contributed by atoms with van der Waals surface area (Å²) in [4.78, 5) is 29.0. The zero-order valence-electron chi connectivity index (χ0n) is 18.3. The van der Waals surface area contributed by atoms with Crippen LogP contribution in [0.15, 0.2) is 36.5 Å². The van der Waals surface area contributed by atoms with Crippen molar-refractivity contribution in [3.05, 3.63) is 47.2 Å². The maximum absolute atomic E-state index is 12.6. The van der Waals surface area contributed by atoms with E-state index in [1.807, 2.05) is 13.8 Å². The van der Waals surface area contributed by atoms with Crippen molar-refractivity contribution in [3.63, 3.8) is 0 Å². The van der Waals surface area contributed by atoms with Crippen molar-refractivity contribution in [2.24, 2.45) is 11.8 Å². The van der Waals surface area contributed by atoms with Crippen molar-refractivity contribution in [3.8, 4) is 17.2 Å². The summed E-state index contributed by atoms with van der Waals surface area (Å²) in [6.07, 6.45) is 0.222. The average Bonchev–Trinajstić information content (AvgIpc) is 2.71. The number of ether oxygens (including phenoxy) is 3. The highest BCUT2D eigenvalue weighted by molar-refractivity contribution is 6.30. The third-order valence-corrected chi connectivity index (χ3v) is 4.99. The highest BCUT2D eigenvalue weighted by atomic mass is 35.5. The summed E-state index contributed by atoms with van der Waals surface area (Å²) in [5.74, 6) is -1.33. The summed E-state index contributed by atoms with van der Waals surface area (Å²) in [6.45, 7) is 7.26. The first-order chi connectivity index (χ1) is 14.6. The Morgan fingerprint density at radius 3 is 2.48 bits per heavy atom. The number of carbonyl (C=O) groups is 2. The van der Waals surface area contributed by atoms with Crippen molar-refractivity contribution in [1.82, 2.24) is 4.98 Å². The molecule has 0 amide bonds. The molecule has 0 bridgehead atoms. The van der Waals surface area contributed by atoms with Gasteiger partial charge in [0, 0.05) is 23.7 Å². The Hall–Kier alpha value is -2.80. The molecule has 3 atom stereocenters. The molecule has 0 fully saturated rings. The monoisotopic (exact) mass is 449 g/mol. The van der Waals surface area contributed by atoms with E-state index in [2.05, 4.69) is 4.98 Å². The average molecular weight is 450 g/mol. The molecule has 31 heavy (non-hydrogen) atoms. The number of hydrogen-bond acceptors (Lipinski definition) is 7. The van der Waals surface area contributed by atoms with Crippen LogP contribution in [0.5, 0.6) is 17.2 Å². The Balaban J connectivity index is 2.02. The van der Waals surface area contributed by atoms with E-state index in [9.17, 15) is 14.7 Å². The molecule has 1 heterocycles. The molecule has 168 valence electrons. The van der Waals surface area contributed by atoms with Crippen LogP contribution in [0.3, 0.4) is 0 Å². The van der Waals surface area contributed by atoms with Crippen molar-refractivity contribution in [2.45, 2.75) is 46.3 Å². The fourth-order valence-electron chi connectivity index (χ4n) is 3.10. The van der Waals surface area contributed by atoms with Crippen LogP contribution in [0.4, 0.5) is 0 Å². The molecular formula is C23H28ClNO6. The Morgan fingerprint density at radius 1 is 1.16 bits per heavy atom. The molecular weight excluding hydrogens is 422 g/mol. The molecule has 0 radical (unpaired) electrons. The number of hydrogen-bond donors (Lipinski definition) is 1. The number of carbonyl (C=O) groups excluding carboxylic acids is 2. The van der Waals surface area contributed by atoms with E-state index in [1.54, 1.807) is 38.1 Å². The van der Waals surface area contributed by atoms with Crippen LogP contribution in [-0.2, 0) is 9.53 Å². The number of nitrogens with zero attached hydrogens (tertiary/aromatic N) is 1. The molecule has 0 saturated carbocycles. The highest BCUT2D eigenvalue weighted by Gasteiger charge is 2.29. The first kappa shape index (κ1) is 24.5. The summed E-state index contributed by atoms with van der Waals surface area (Å²) in [5, 5.41) is 10.6. The standard InChI is InChI=1S/C23H28ClNO6/c1-13(2)22(31-17-8-6-7-16(24)12-17)15(4)30-23(28)14(3)11-18(26)20-21(27)19(29-5)9-10-25-20/h6-10,12-15,22,27H,11H2,1-5H3/t14-,15+,22+/m1/s1. The minimum atomic E-state index is -0.735. The number of Topliss-reactive ketones (excluding diaryl/α,β-unsaturated/α-hetero) is 1. The fraction of sp³-hybridized carbons (Fsp3) is 0.435. The van der Waals surface area contributed by atoms with E-state index in [4.69, 9.17) is 25.8 Å². The van der Waals surface area contributed by atoms with Crippen LogP contribution in [0.25, 0.3) is 0 Å². The van der Waals surface area contributed by atoms with Crippen molar-refractivity contribution in [2.75, 3.05) is 7.11 Å². The Morgan fingerprint density at radius 2 is 1.87 bits per heavy atom. The summed E-state index contributed by atoms with van der Waals surface area (Å²) in [5.41, 5.74) is -0.142. The smallest absolute Gasteiger partial charge is 0.309 e. The lowest BCUT2D eigenvalue weighted by molar-refractivity contribution is -0.158. The first-order valence-corrected chi connectivity index (χ1v) is 10.4. The van der Waals surface area contributed by atoms with Gasteiger partial charge in [0.15, 0.2) is 23.0 Å². The first-order valence-electron chi connectivity index (χ1n) is 10.0. The summed E-state index contributed by atoms with van der Waals surface area (Å²) < 4.78 is 16.6. The van der Waals surface area contributed by atoms with Crippen LogP contribution >= 0.6 is 11.6 Å². The van der Waals surface area contributed by atoms with Gasteiger partial charge in [-0.3, -0.25) is 9.59 Å². The van der Waals surface area contributed by atoms with Gasteiger partial charge in [0.2, 0.25) is 0 Å². The van der Waals surface area contributed by atoms with Gasteiger partial charge in [0.05, 0.1) is 13.0 Å². The molecule has 0 saturated heterocycles. The Kier molecular flexibility index (Phi) is 8.68. The molecule has 0 aliphatic heterocycles. The van der Waals surface area contributed by atoms with Gasteiger partial charge in [-0.25, -0.2) is 4.98 Å². The van der Waals surface area contributed by atoms with Crippen molar-refractivity contribution >= 4 is 23.4 Å². The highest BCUT2D eigenvalue weighted by Crippen LogP contribution is 2.29. The third kappa shape index (κ3) is 6.59. The summed E-state index contributed by atoms with van der Waals surface area (Å²) in [6, 6.07) is 8.44. The van der Waals surface area contributed by atoms with Crippen molar-refractivity contribution in [1.29, 1.82) is 0 Å². The van der Waals surface area contributed by atoms with Gasteiger partial charge in [0.1, 0.15) is 18.0 Å². The second-order valence-electron chi connectivity index (χ2n) is 7.66. The molecule has 0 aliphatic carbocycles. The van der Waals surface area contributed by atoms with Crippen LogP contribution in [0, 0.1) is 11.8 Å². The number of aromatic nitrogens is 1. The normalized spacial score (nSPS) is 13.9. The molecule has 0 unspecified atom stereocenters. The molecule has 1 N–H and O–H groups in total. The van der Waals surface area contributed by atoms with Gasteiger partial charge in [-0.05, 0) is 31.0 Å². The summed E-state index contributed by atoms with van der Waals surface area (Å²) >= 11 is 6.01. The van der Waals surface area contributed by atoms with E-state index in [0.717, 1.165) is 0 Å². The molecule has 1 aromatic carbocycles. The van der Waals surface area contributed by atoms with Gasteiger partial charge in [-0.15, -0.1) is 0 Å². The predicted molar refractivity (Wildman–Crippen MR) is 117 cm³/mol. The minimum absolute atomic E-state index is 0.0525. The van der Waals surface area contributed by atoms with Crippen LogP contribution in [-0.4, -0.2) is 41.2 Å². The maximum atomic E-state index is 12.6. The van der Waals surface area contributed by atoms with E-state index in [0.29, 0.717) is 10.8 Å². The number of rotatable bonds is 10. The molecule has 7 nitrogen and oxygen atoms in total. The Bertz CT molecular complexity index is 917. The number of methoxy groups -OCH3 is 1. The topological polar surface area (TPSA) is 95.0 Å². The van der Waals surface area contributed by atoms with Gasteiger partial charge in [-0.2, -0.15) is 0 Å². The predicted octanol–water partition coefficient (Wildman–Crippen LogP) is 4.69. The SMILES string of the molecule is COc1ccnc(C(=O)C[C@@H](C)C(=O)O[C@@H](C)[C@@H](Oc2cccc(Cl)c2)C(C)C)c1O. The second kappa shape index (κ2) is 11.0. The number of benzene rings is 1. The molecule has 2 rings (SSSR count). The number of pyridine rings is 1. The number of aromatic hydroxyl groups is 1. The van der Waals surface area contributed by atoms with Crippen LogP contribution in [0.1, 0.15) is 44.6 Å². The largest absolute Gasteiger partial charge is 0.503 e. The third-order valence-electron chi connectivity index (χ3n) is 4.76. The zero-order chi connectivity index (χ0) is 23.1. The lowest BCUT2D eigenvalue weighted by atomic mass is 10.0. The van der Waals surface area contributed by atoms with Crippen LogP contribution < -0.4 is 9.47 Å². The molecule has 8 heteroatoms. The number of halogens is 1. The van der Waals surface area contributed by atoms with Crippen molar-refractivity contribution < 1.29 is 28.9 Å². The maximum Gasteiger partial charge on any atom is 0.309 e. The molecule has 0 spiro atoms. The van der Waals surface area contributed by atoms with Gasteiger partial charge in [0.25, 0.3) is 0 Å². The van der Waals surface area contributed by atoms with E-state index >= 15 is 0 Å². The van der Waals surface area contributed by atoms with Gasteiger partial charge < -0.3 is 19.3 Å². The second-order valence-corrected chi connectivity index (χ2v) is 8.10. The number of esters is 1. The van der Waals surface area contributed by atoms with E-state index in [-0.39, 0.29) is 29.5 Å². The summed E-state index contributed by atoms with van der Waals surface area (Å²) in [7, 11) is 1.38. The fourth-order valence-corrected chi connectivity index (χ4v) is 3.28. The van der Waals surface area contributed by atoms with Crippen LogP contribution in [0.2, 0.25) is 5.02 Å². The van der Waals surface area contributed by atoms with E-state index < -0.39 is 29.9 Å². The zero-order valence-corrected chi connectivity index (χ0v) is 19.1. The lowest BCUT2D eigenvalue weighted by Gasteiger charge is -2.29.